The van der Waals surface area contributed by atoms with Gasteiger partial charge in [0.1, 0.15) is 11.4 Å². The van der Waals surface area contributed by atoms with E-state index in [1.807, 2.05) is 32.0 Å². The minimum absolute atomic E-state index is 0.00473. The number of aromatic nitrogens is 1. The number of benzene rings is 2. The van der Waals surface area contributed by atoms with Crippen molar-refractivity contribution in [2.45, 2.75) is 27.2 Å². The predicted molar refractivity (Wildman–Crippen MR) is 127 cm³/mol. The van der Waals surface area contributed by atoms with Crippen LogP contribution in [0.2, 0.25) is 0 Å². The highest BCUT2D eigenvalue weighted by Crippen LogP contribution is 2.27. The number of halogens is 1. The lowest BCUT2D eigenvalue weighted by molar-refractivity contribution is -0.122. The van der Waals surface area contributed by atoms with Crippen molar-refractivity contribution in [3.05, 3.63) is 88.5 Å². The Hall–Kier alpha value is -3.58. The average Bonchev–Trinajstić information content (AvgIpc) is 3.05. The normalized spacial score (nSPS) is 15.4. The Morgan fingerprint density at radius 1 is 1.06 bits per heavy atom. The molecule has 0 atom stereocenters. The Morgan fingerprint density at radius 3 is 2.41 bits per heavy atom. The Bertz CT molecular complexity index is 1270. The summed E-state index contributed by atoms with van der Waals surface area (Å²) >= 11 is 5.15. The van der Waals surface area contributed by atoms with Crippen LogP contribution in [0.3, 0.4) is 0 Å². The van der Waals surface area contributed by atoms with E-state index in [4.69, 9.17) is 12.2 Å². The number of rotatable bonds is 4. The van der Waals surface area contributed by atoms with E-state index in [1.54, 1.807) is 6.07 Å². The number of nitrogens with zero attached hydrogens (tertiary/aromatic N) is 2. The smallest absolute Gasteiger partial charge is 0.270 e. The van der Waals surface area contributed by atoms with E-state index in [2.05, 4.69) is 28.9 Å². The first kappa shape index (κ1) is 21.6. The van der Waals surface area contributed by atoms with Crippen molar-refractivity contribution in [3.63, 3.8) is 0 Å². The van der Waals surface area contributed by atoms with Crippen LogP contribution in [0, 0.1) is 19.7 Å². The lowest BCUT2D eigenvalue weighted by Crippen LogP contribution is -2.54. The number of para-hydroxylation sites is 1. The molecular formula is C25H22FN3O2S. The van der Waals surface area contributed by atoms with Crippen LogP contribution >= 0.6 is 12.2 Å². The zero-order valence-electron chi connectivity index (χ0n) is 18.0. The number of anilines is 1. The first-order valence-corrected chi connectivity index (χ1v) is 10.7. The Morgan fingerprint density at radius 2 is 1.75 bits per heavy atom. The van der Waals surface area contributed by atoms with E-state index in [1.165, 1.54) is 29.8 Å². The van der Waals surface area contributed by atoms with Gasteiger partial charge in [-0.25, -0.2) is 9.29 Å². The van der Waals surface area contributed by atoms with E-state index in [-0.39, 0.29) is 16.4 Å². The summed E-state index contributed by atoms with van der Waals surface area (Å²) in [6, 6.07) is 16.0. The number of carbonyl (C=O) groups excluding carboxylic acids is 2. The zero-order valence-corrected chi connectivity index (χ0v) is 18.8. The van der Waals surface area contributed by atoms with Crippen LogP contribution in [0.5, 0.6) is 0 Å². The SMILES string of the molecule is CCc1ccc(-n2c(C)cc(/C=C3\C(=O)NC(=S)N(c4ccccc4F)C3=O)c2C)cc1. The highest BCUT2D eigenvalue weighted by atomic mass is 32.1. The van der Waals surface area contributed by atoms with Crippen LogP contribution < -0.4 is 10.2 Å². The van der Waals surface area contributed by atoms with Gasteiger partial charge in [0.15, 0.2) is 5.11 Å². The fourth-order valence-corrected chi connectivity index (χ4v) is 4.15. The molecule has 1 saturated heterocycles. The number of aryl methyl sites for hydroxylation is 2. The fourth-order valence-electron chi connectivity index (χ4n) is 3.88. The third kappa shape index (κ3) is 3.76. The van der Waals surface area contributed by atoms with Crippen molar-refractivity contribution < 1.29 is 14.0 Å². The molecule has 1 N–H and O–H groups in total. The van der Waals surface area contributed by atoms with Gasteiger partial charge in [-0.1, -0.05) is 31.2 Å². The minimum Gasteiger partial charge on any atom is -0.318 e. The molecule has 2 aromatic carbocycles. The highest BCUT2D eigenvalue weighted by molar-refractivity contribution is 7.80. The van der Waals surface area contributed by atoms with Crippen LogP contribution in [-0.2, 0) is 16.0 Å². The molecule has 0 radical (unpaired) electrons. The standard InChI is InChI=1S/C25H22FN3O2S/c1-4-17-9-11-19(12-10-17)28-15(2)13-18(16(28)3)14-20-23(30)27-25(32)29(24(20)31)22-8-6-5-7-21(22)26/h5-14H,4H2,1-3H3,(H,27,30,32)/b20-14+. The van der Waals surface area contributed by atoms with Gasteiger partial charge in [-0.15, -0.1) is 0 Å². The first-order chi connectivity index (χ1) is 15.3. The van der Waals surface area contributed by atoms with Gasteiger partial charge < -0.3 is 4.57 Å². The molecule has 0 unspecified atom stereocenters. The second-order valence-corrected chi connectivity index (χ2v) is 7.98. The maximum Gasteiger partial charge on any atom is 0.270 e. The van der Waals surface area contributed by atoms with Gasteiger partial charge in [0, 0.05) is 17.1 Å². The third-order valence-electron chi connectivity index (χ3n) is 5.57. The molecule has 1 aromatic heterocycles. The lowest BCUT2D eigenvalue weighted by atomic mass is 10.1. The highest BCUT2D eigenvalue weighted by Gasteiger charge is 2.35. The van der Waals surface area contributed by atoms with Crippen molar-refractivity contribution in [2.24, 2.45) is 0 Å². The topological polar surface area (TPSA) is 54.3 Å². The van der Waals surface area contributed by atoms with Gasteiger partial charge in [0.25, 0.3) is 11.8 Å². The maximum absolute atomic E-state index is 14.3. The molecule has 32 heavy (non-hydrogen) atoms. The molecule has 1 aliphatic heterocycles. The van der Waals surface area contributed by atoms with E-state index in [0.29, 0.717) is 0 Å². The summed E-state index contributed by atoms with van der Waals surface area (Å²) in [5, 5.41) is 2.35. The van der Waals surface area contributed by atoms with Gasteiger partial charge in [-0.3, -0.25) is 14.9 Å². The fraction of sp³-hybridized carbons (Fsp3) is 0.160. The molecule has 1 fully saturated rings. The van der Waals surface area contributed by atoms with Gasteiger partial charge in [0.05, 0.1) is 5.69 Å². The first-order valence-electron chi connectivity index (χ1n) is 10.3. The second-order valence-electron chi connectivity index (χ2n) is 7.59. The number of nitrogens with one attached hydrogen (secondary N) is 1. The van der Waals surface area contributed by atoms with Crippen LogP contribution in [0.25, 0.3) is 11.8 Å². The predicted octanol–water partition coefficient (Wildman–Crippen LogP) is 4.63. The van der Waals surface area contributed by atoms with Crippen molar-refractivity contribution in [1.82, 2.24) is 9.88 Å². The molecule has 7 heteroatoms. The molecule has 0 saturated carbocycles. The zero-order chi connectivity index (χ0) is 23.0. The number of thiocarbonyl (C=S) groups is 1. The molecule has 2 heterocycles. The van der Waals surface area contributed by atoms with Crippen molar-refractivity contribution >= 4 is 40.9 Å². The van der Waals surface area contributed by atoms with Crippen LogP contribution in [-0.4, -0.2) is 21.5 Å². The van der Waals surface area contributed by atoms with Crippen LogP contribution in [0.1, 0.15) is 29.4 Å². The molecule has 162 valence electrons. The summed E-state index contributed by atoms with van der Waals surface area (Å²) in [5.41, 5.74) is 4.69. The largest absolute Gasteiger partial charge is 0.318 e. The van der Waals surface area contributed by atoms with E-state index in [9.17, 15) is 14.0 Å². The molecular weight excluding hydrogens is 425 g/mol. The van der Waals surface area contributed by atoms with Gasteiger partial charge in [-0.2, -0.15) is 0 Å². The summed E-state index contributed by atoms with van der Waals surface area (Å²) < 4.78 is 16.4. The van der Waals surface area contributed by atoms with Gasteiger partial charge in [0.2, 0.25) is 0 Å². The molecule has 2 amide bonds. The Balaban J connectivity index is 1.76. The summed E-state index contributed by atoms with van der Waals surface area (Å²) in [6.07, 6.45) is 2.49. The quantitative estimate of drug-likeness (QED) is 0.361. The van der Waals surface area contributed by atoms with Crippen LogP contribution in [0.15, 0.2) is 60.2 Å². The van der Waals surface area contributed by atoms with E-state index < -0.39 is 17.6 Å². The van der Waals surface area contributed by atoms with Crippen molar-refractivity contribution in [1.29, 1.82) is 0 Å². The lowest BCUT2D eigenvalue weighted by Gasteiger charge is -2.29. The number of carbonyl (C=O) groups is 2. The monoisotopic (exact) mass is 447 g/mol. The maximum atomic E-state index is 14.3. The van der Waals surface area contributed by atoms with Crippen molar-refractivity contribution in [3.8, 4) is 5.69 Å². The van der Waals surface area contributed by atoms with Crippen molar-refractivity contribution in [2.75, 3.05) is 4.90 Å². The summed E-state index contributed by atoms with van der Waals surface area (Å²) in [6.45, 7) is 6.00. The summed E-state index contributed by atoms with van der Waals surface area (Å²) in [5.74, 6) is -1.88. The summed E-state index contributed by atoms with van der Waals surface area (Å²) in [7, 11) is 0. The van der Waals surface area contributed by atoms with Gasteiger partial charge in [-0.05, 0) is 80.0 Å². The molecule has 5 nitrogen and oxygen atoms in total. The van der Waals surface area contributed by atoms with E-state index in [0.717, 1.165) is 34.0 Å². The third-order valence-corrected chi connectivity index (χ3v) is 5.85. The molecule has 0 spiro atoms. The Kier molecular flexibility index (Phi) is 5.76. The molecule has 3 aromatic rings. The molecule has 1 aliphatic rings. The Labute approximate surface area is 191 Å². The number of hydrogen-bond acceptors (Lipinski definition) is 3. The molecule has 0 bridgehead atoms. The minimum atomic E-state index is -0.666. The van der Waals surface area contributed by atoms with E-state index >= 15 is 0 Å². The number of hydrogen-bond donors (Lipinski definition) is 1. The van der Waals surface area contributed by atoms with Crippen LogP contribution in [0.4, 0.5) is 10.1 Å². The average molecular weight is 448 g/mol. The molecule has 0 aliphatic carbocycles. The number of amides is 2. The second kappa shape index (κ2) is 8.51. The van der Waals surface area contributed by atoms with Gasteiger partial charge >= 0.3 is 0 Å². The summed E-state index contributed by atoms with van der Waals surface area (Å²) in [4.78, 5) is 26.8. The molecule has 4 rings (SSSR count).